The highest BCUT2D eigenvalue weighted by Crippen LogP contribution is 2.29. The molecule has 0 saturated heterocycles. The third-order valence-electron chi connectivity index (χ3n) is 4.03. The van der Waals surface area contributed by atoms with Crippen LogP contribution in [0.1, 0.15) is 42.6 Å². The zero-order valence-corrected chi connectivity index (χ0v) is 15.2. The molecule has 0 unspecified atom stereocenters. The van der Waals surface area contributed by atoms with Gasteiger partial charge in [0.1, 0.15) is 11.5 Å². The van der Waals surface area contributed by atoms with Gasteiger partial charge in [0.15, 0.2) is 0 Å². The first-order chi connectivity index (χ1) is 12.4. The Morgan fingerprint density at radius 3 is 2.54 bits per heavy atom. The van der Waals surface area contributed by atoms with E-state index in [-0.39, 0.29) is 11.3 Å². The summed E-state index contributed by atoms with van der Waals surface area (Å²) in [5, 5.41) is 6.17. The van der Waals surface area contributed by atoms with E-state index < -0.39 is 0 Å². The van der Waals surface area contributed by atoms with Crippen molar-refractivity contribution in [2.24, 2.45) is 0 Å². The molecular formula is C21H23N3O2. The van der Waals surface area contributed by atoms with Crippen LogP contribution in [0.25, 0.3) is 0 Å². The number of carbonyl (C=O) groups excluding carboxylic acids is 1. The number of nitrogens with zero attached hydrogens (tertiary/aromatic N) is 1. The minimum atomic E-state index is -0.223. The lowest BCUT2D eigenvalue weighted by Crippen LogP contribution is -2.19. The van der Waals surface area contributed by atoms with Crippen molar-refractivity contribution in [2.75, 3.05) is 10.6 Å². The van der Waals surface area contributed by atoms with Crippen molar-refractivity contribution in [3.05, 3.63) is 78.0 Å². The molecule has 5 heteroatoms. The van der Waals surface area contributed by atoms with E-state index in [1.54, 1.807) is 18.5 Å². The van der Waals surface area contributed by atoms with Gasteiger partial charge in [-0.3, -0.25) is 4.79 Å². The molecule has 0 saturated carbocycles. The standard InChI is InChI=1S/C21H23N3O2/c1-21(2,3)17-8-4-5-9-18(17)24-20(25)19-11-10-15(13-23-19)22-14-16-7-6-12-26-16/h4-13,22H,14H2,1-3H3,(H,24,25). The molecule has 0 aliphatic rings. The molecule has 2 heterocycles. The van der Waals surface area contributed by atoms with E-state index in [9.17, 15) is 4.79 Å². The summed E-state index contributed by atoms with van der Waals surface area (Å²) >= 11 is 0. The summed E-state index contributed by atoms with van der Waals surface area (Å²) < 4.78 is 5.28. The molecular weight excluding hydrogens is 326 g/mol. The van der Waals surface area contributed by atoms with Crippen LogP contribution >= 0.6 is 0 Å². The lowest BCUT2D eigenvalue weighted by molar-refractivity contribution is 0.102. The molecule has 26 heavy (non-hydrogen) atoms. The fourth-order valence-corrected chi connectivity index (χ4v) is 2.67. The molecule has 0 bridgehead atoms. The topological polar surface area (TPSA) is 67.2 Å². The molecule has 0 aliphatic heterocycles. The summed E-state index contributed by atoms with van der Waals surface area (Å²) in [4.78, 5) is 16.8. The van der Waals surface area contributed by atoms with Crippen molar-refractivity contribution in [1.82, 2.24) is 4.98 Å². The summed E-state index contributed by atoms with van der Waals surface area (Å²) in [6.45, 7) is 6.93. The number of amides is 1. The summed E-state index contributed by atoms with van der Waals surface area (Å²) in [7, 11) is 0. The smallest absolute Gasteiger partial charge is 0.274 e. The number of anilines is 2. The Hall–Kier alpha value is -3.08. The number of pyridine rings is 1. The van der Waals surface area contributed by atoms with E-state index in [4.69, 9.17) is 4.42 Å². The van der Waals surface area contributed by atoms with E-state index >= 15 is 0 Å². The van der Waals surface area contributed by atoms with Gasteiger partial charge in [-0.25, -0.2) is 4.98 Å². The van der Waals surface area contributed by atoms with Gasteiger partial charge in [-0.2, -0.15) is 0 Å². The van der Waals surface area contributed by atoms with Crippen molar-refractivity contribution in [1.29, 1.82) is 0 Å². The number of para-hydroxylation sites is 1. The Morgan fingerprint density at radius 2 is 1.88 bits per heavy atom. The van der Waals surface area contributed by atoms with E-state index in [1.807, 2.05) is 42.5 Å². The highest BCUT2D eigenvalue weighted by molar-refractivity contribution is 6.03. The SMILES string of the molecule is CC(C)(C)c1ccccc1NC(=O)c1ccc(NCc2ccco2)cn1. The Balaban J connectivity index is 1.67. The quantitative estimate of drug-likeness (QED) is 0.692. The molecule has 5 nitrogen and oxygen atoms in total. The van der Waals surface area contributed by atoms with Gasteiger partial charge in [-0.15, -0.1) is 0 Å². The van der Waals surface area contributed by atoms with Crippen molar-refractivity contribution in [2.45, 2.75) is 32.7 Å². The molecule has 0 atom stereocenters. The third kappa shape index (κ3) is 4.30. The van der Waals surface area contributed by atoms with Crippen molar-refractivity contribution >= 4 is 17.3 Å². The number of hydrogen-bond acceptors (Lipinski definition) is 4. The monoisotopic (exact) mass is 349 g/mol. The van der Waals surface area contributed by atoms with Crippen LogP contribution in [0.4, 0.5) is 11.4 Å². The predicted molar refractivity (Wildman–Crippen MR) is 103 cm³/mol. The second kappa shape index (κ2) is 7.44. The maximum atomic E-state index is 12.5. The van der Waals surface area contributed by atoms with Crippen molar-refractivity contribution < 1.29 is 9.21 Å². The van der Waals surface area contributed by atoms with Crippen LogP contribution in [0.15, 0.2) is 65.4 Å². The van der Waals surface area contributed by atoms with Gasteiger partial charge in [0.25, 0.3) is 5.91 Å². The Morgan fingerprint density at radius 1 is 1.08 bits per heavy atom. The molecule has 2 aromatic heterocycles. The molecule has 0 fully saturated rings. The van der Waals surface area contributed by atoms with E-state index in [1.165, 1.54) is 0 Å². The van der Waals surface area contributed by atoms with Gasteiger partial charge in [0, 0.05) is 5.69 Å². The largest absolute Gasteiger partial charge is 0.467 e. The zero-order valence-electron chi connectivity index (χ0n) is 15.2. The first-order valence-corrected chi connectivity index (χ1v) is 8.56. The number of aromatic nitrogens is 1. The molecule has 2 N–H and O–H groups in total. The highest BCUT2D eigenvalue weighted by Gasteiger charge is 2.19. The summed E-state index contributed by atoms with van der Waals surface area (Å²) in [5.74, 6) is 0.616. The molecule has 0 aliphatic carbocycles. The second-order valence-corrected chi connectivity index (χ2v) is 7.11. The molecule has 3 rings (SSSR count). The Kier molecular flexibility index (Phi) is 5.07. The number of nitrogens with one attached hydrogen (secondary N) is 2. The van der Waals surface area contributed by atoms with Gasteiger partial charge in [0.05, 0.1) is 24.7 Å². The van der Waals surface area contributed by atoms with Crippen LogP contribution in [0.3, 0.4) is 0 Å². The first kappa shape index (κ1) is 17.7. The maximum Gasteiger partial charge on any atom is 0.274 e. The lowest BCUT2D eigenvalue weighted by atomic mass is 9.86. The van der Waals surface area contributed by atoms with E-state index in [0.717, 1.165) is 22.7 Å². The van der Waals surface area contributed by atoms with Crippen molar-refractivity contribution in [3.8, 4) is 0 Å². The number of hydrogen-bond donors (Lipinski definition) is 2. The van der Waals surface area contributed by atoms with Crippen molar-refractivity contribution in [3.63, 3.8) is 0 Å². The molecule has 0 spiro atoms. The third-order valence-corrected chi connectivity index (χ3v) is 4.03. The van der Waals surface area contributed by atoms with Crippen LogP contribution in [-0.2, 0) is 12.0 Å². The van der Waals surface area contributed by atoms with Crippen LogP contribution in [0, 0.1) is 0 Å². The molecule has 0 radical (unpaired) electrons. The Bertz CT molecular complexity index is 863. The van der Waals surface area contributed by atoms with E-state index in [0.29, 0.717) is 12.2 Å². The molecule has 1 amide bonds. The van der Waals surface area contributed by atoms with Crippen LogP contribution < -0.4 is 10.6 Å². The van der Waals surface area contributed by atoms with E-state index in [2.05, 4.69) is 36.4 Å². The average Bonchev–Trinajstić information content (AvgIpc) is 3.13. The van der Waals surface area contributed by atoms with Gasteiger partial charge >= 0.3 is 0 Å². The predicted octanol–water partition coefficient (Wildman–Crippen LogP) is 4.84. The Labute approximate surface area is 153 Å². The summed E-state index contributed by atoms with van der Waals surface area (Å²) in [6, 6.07) is 15.1. The van der Waals surface area contributed by atoms with Gasteiger partial charge in [0.2, 0.25) is 0 Å². The second-order valence-electron chi connectivity index (χ2n) is 7.11. The van der Waals surface area contributed by atoms with Gasteiger partial charge in [-0.05, 0) is 41.3 Å². The lowest BCUT2D eigenvalue weighted by Gasteiger charge is -2.22. The summed E-state index contributed by atoms with van der Waals surface area (Å²) in [5.41, 5.74) is 3.04. The first-order valence-electron chi connectivity index (χ1n) is 8.56. The molecule has 1 aromatic carbocycles. The molecule has 134 valence electrons. The van der Waals surface area contributed by atoms with Gasteiger partial charge < -0.3 is 15.1 Å². The van der Waals surface area contributed by atoms with Crippen LogP contribution in [0.2, 0.25) is 0 Å². The zero-order chi connectivity index (χ0) is 18.6. The molecule has 3 aromatic rings. The number of furan rings is 1. The minimum absolute atomic E-state index is 0.0586. The number of rotatable bonds is 5. The minimum Gasteiger partial charge on any atom is -0.467 e. The fraction of sp³-hybridized carbons (Fsp3) is 0.238. The fourth-order valence-electron chi connectivity index (χ4n) is 2.67. The van der Waals surface area contributed by atoms with Crippen LogP contribution in [0.5, 0.6) is 0 Å². The van der Waals surface area contributed by atoms with Gasteiger partial charge in [-0.1, -0.05) is 39.0 Å². The van der Waals surface area contributed by atoms with Crippen LogP contribution in [-0.4, -0.2) is 10.9 Å². The highest BCUT2D eigenvalue weighted by atomic mass is 16.3. The maximum absolute atomic E-state index is 12.5. The number of carbonyl (C=O) groups is 1. The average molecular weight is 349 g/mol. The number of benzene rings is 1. The normalized spacial score (nSPS) is 11.2. The summed E-state index contributed by atoms with van der Waals surface area (Å²) in [6.07, 6.45) is 3.28.